The van der Waals surface area contributed by atoms with Crippen LogP contribution in [0.3, 0.4) is 0 Å². The van der Waals surface area contributed by atoms with Crippen molar-refractivity contribution in [1.82, 2.24) is 0 Å². The Labute approximate surface area is 106 Å². The molecule has 1 heterocycles. The van der Waals surface area contributed by atoms with Crippen LogP contribution >= 0.6 is 27.7 Å². The number of benzene rings is 1. The minimum absolute atomic E-state index is 0.214. The molecular weight excluding hydrogens is 291 g/mol. The molecule has 0 radical (unpaired) electrons. The maximum Gasteiger partial charge on any atom is 0.124 e. The summed E-state index contributed by atoms with van der Waals surface area (Å²) >= 11 is 4.92. The lowest BCUT2D eigenvalue weighted by molar-refractivity contribution is 0.527. The van der Waals surface area contributed by atoms with Gasteiger partial charge in [0.2, 0.25) is 0 Å². The quantitative estimate of drug-likeness (QED) is 0.757. The first-order valence-corrected chi connectivity index (χ1v) is 6.55. The van der Waals surface area contributed by atoms with Crippen molar-refractivity contribution in [3.8, 4) is 0 Å². The Morgan fingerprint density at radius 3 is 2.81 bits per heavy atom. The SMILES string of the molecule is Cc1occc1SCc1cc(F)cc(Br)c1. The average Bonchev–Trinajstić information content (AvgIpc) is 2.59. The molecule has 1 aromatic heterocycles. The molecule has 0 aliphatic heterocycles. The highest BCUT2D eigenvalue weighted by Gasteiger charge is 2.04. The first-order valence-electron chi connectivity index (χ1n) is 4.77. The van der Waals surface area contributed by atoms with Crippen LogP contribution in [-0.2, 0) is 5.75 Å². The van der Waals surface area contributed by atoms with E-state index in [1.54, 1.807) is 24.1 Å². The van der Waals surface area contributed by atoms with E-state index in [0.29, 0.717) is 0 Å². The van der Waals surface area contributed by atoms with Crippen LogP contribution in [0.1, 0.15) is 11.3 Å². The minimum atomic E-state index is -0.214. The number of thioether (sulfide) groups is 1. The molecule has 2 rings (SSSR count). The summed E-state index contributed by atoms with van der Waals surface area (Å²) in [6.45, 7) is 1.92. The number of hydrogen-bond donors (Lipinski definition) is 0. The summed E-state index contributed by atoms with van der Waals surface area (Å²) in [6, 6.07) is 6.85. The van der Waals surface area contributed by atoms with Gasteiger partial charge in [0.05, 0.1) is 6.26 Å². The molecule has 0 N–H and O–H groups in total. The first-order chi connectivity index (χ1) is 7.65. The molecule has 0 spiro atoms. The van der Waals surface area contributed by atoms with Gasteiger partial charge in [0.25, 0.3) is 0 Å². The Morgan fingerprint density at radius 2 is 2.19 bits per heavy atom. The van der Waals surface area contributed by atoms with Crippen LogP contribution in [0, 0.1) is 12.7 Å². The van der Waals surface area contributed by atoms with Crippen LogP contribution in [0.15, 0.2) is 44.3 Å². The number of furan rings is 1. The van der Waals surface area contributed by atoms with Crippen LogP contribution in [-0.4, -0.2) is 0 Å². The summed E-state index contributed by atoms with van der Waals surface area (Å²) < 4.78 is 19.1. The van der Waals surface area contributed by atoms with Gasteiger partial charge in [0, 0.05) is 15.1 Å². The smallest absolute Gasteiger partial charge is 0.124 e. The highest BCUT2D eigenvalue weighted by atomic mass is 79.9. The third-order valence-corrected chi connectivity index (χ3v) is 3.80. The topological polar surface area (TPSA) is 13.1 Å². The van der Waals surface area contributed by atoms with Gasteiger partial charge in [-0.25, -0.2) is 4.39 Å². The van der Waals surface area contributed by atoms with Gasteiger partial charge in [-0.2, -0.15) is 0 Å². The lowest BCUT2D eigenvalue weighted by Gasteiger charge is -2.02. The maximum atomic E-state index is 13.1. The predicted octanol–water partition coefficient (Wildman–Crippen LogP) is 4.78. The second-order valence-electron chi connectivity index (χ2n) is 3.41. The molecule has 1 nitrogen and oxygen atoms in total. The molecule has 0 aliphatic rings. The van der Waals surface area contributed by atoms with E-state index in [1.807, 2.05) is 19.1 Å². The molecule has 0 amide bonds. The predicted molar refractivity (Wildman–Crippen MR) is 67.1 cm³/mol. The van der Waals surface area contributed by atoms with Gasteiger partial charge in [-0.15, -0.1) is 11.8 Å². The van der Waals surface area contributed by atoms with E-state index in [9.17, 15) is 4.39 Å². The second kappa shape index (κ2) is 5.06. The number of aryl methyl sites for hydroxylation is 1. The molecule has 0 saturated carbocycles. The first kappa shape index (κ1) is 11.7. The van der Waals surface area contributed by atoms with Crippen molar-refractivity contribution in [3.63, 3.8) is 0 Å². The van der Waals surface area contributed by atoms with Crippen molar-refractivity contribution in [2.24, 2.45) is 0 Å². The van der Waals surface area contributed by atoms with E-state index in [2.05, 4.69) is 15.9 Å². The zero-order valence-electron chi connectivity index (χ0n) is 8.67. The number of halogens is 2. The Balaban J connectivity index is 2.07. The fourth-order valence-corrected chi connectivity index (χ4v) is 2.78. The summed E-state index contributed by atoms with van der Waals surface area (Å²) in [5, 5.41) is 0. The number of hydrogen-bond acceptors (Lipinski definition) is 2. The molecule has 0 aliphatic carbocycles. The summed E-state index contributed by atoms with van der Waals surface area (Å²) in [6.07, 6.45) is 1.67. The Hall–Kier alpha value is -0.740. The Morgan fingerprint density at radius 1 is 1.38 bits per heavy atom. The van der Waals surface area contributed by atoms with Gasteiger partial charge in [-0.05, 0) is 36.8 Å². The second-order valence-corrected chi connectivity index (χ2v) is 5.34. The normalized spacial score (nSPS) is 10.7. The third kappa shape index (κ3) is 2.89. The van der Waals surface area contributed by atoms with E-state index < -0.39 is 0 Å². The van der Waals surface area contributed by atoms with Gasteiger partial charge in [-0.1, -0.05) is 15.9 Å². The van der Waals surface area contributed by atoms with Crippen molar-refractivity contribution < 1.29 is 8.81 Å². The summed E-state index contributed by atoms with van der Waals surface area (Å²) in [7, 11) is 0. The van der Waals surface area contributed by atoms with Gasteiger partial charge < -0.3 is 4.42 Å². The van der Waals surface area contributed by atoms with Crippen molar-refractivity contribution in [1.29, 1.82) is 0 Å². The largest absolute Gasteiger partial charge is 0.468 e. The van der Waals surface area contributed by atoms with Gasteiger partial charge in [0.1, 0.15) is 11.6 Å². The molecule has 84 valence electrons. The maximum absolute atomic E-state index is 13.1. The van der Waals surface area contributed by atoms with Crippen LogP contribution in [0.25, 0.3) is 0 Å². The van der Waals surface area contributed by atoms with Gasteiger partial charge >= 0.3 is 0 Å². The van der Waals surface area contributed by atoms with Gasteiger partial charge in [0.15, 0.2) is 0 Å². The molecule has 0 unspecified atom stereocenters. The fraction of sp³-hybridized carbons (Fsp3) is 0.167. The zero-order valence-corrected chi connectivity index (χ0v) is 11.1. The molecule has 0 fully saturated rings. The summed E-state index contributed by atoms with van der Waals surface area (Å²) in [5.74, 6) is 1.42. The molecule has 2 aromatic rings. The third-order valence-electron chi connectivity index (χ3n) is 2.13. The van der Waals surface area contributed by atoms with Crippen LogP contribution in [0.2, 0.25) is 0 Å². The van der Waals surface area contributed by atoms with Crippen molar-refractivity contribution in [3.05, 3.63) is 52.1 Å². The lowest BCUT2D eigenvalue weighted by Crippen LogP contribution is -1.84. The van der Waals surface area contributed by atoms with Crippen LogP contribution in [0.5, 0.6) is 0 Å². The number of rotatable bonds is 3. The minimum Gasteiger partial charge on any atom is -0.468 e. The van der Waals surface area contributed by atoms with E-state index >= 15 is 0 Å². The molecule has 0 bridgehead atoms. The summed E-state index contributed by atoms with van der Waals surface area (Å²) in [5.41, 5.74) is 0.956. The summed E-state index contributed by atoms with van der Waals surface area (Å²) in [4.78, 5) is 1.10. The van der Waals surface area contributed by atoms with Crippen molar-refractivity contribution in [2.45, 2.75) is 17.6 Å². The highest BCUT2D eigenvalue weighted by molar-refractivity contribution is 9.10. The van der Waals surface area contributed by atoms with E-state index in [-0.39, 0.29) is 5.82 Å². The molecule has 0 saturated heterocycles. The Bertz CT molecular complexity index is 475. The molecular formula is C12H10BrFOS. The van der Waals surface area contributed by atoms with Gasteiger partial charge in [-0.3, -0.25) is 0 Å². The average molecular weight is 301 g/mol. The van der Waals surface area contributed by atoms with E-state index in [4.69, 9.17) is 4.42 Å². The van der Waals surface area contributed by atoms with E-state index in [0.717, 1.165) is 26.4 Å². The van der Waals surface area contributed by atoms with Crippen molar-refractivity contribution >= 4 is 27.7 Å². The molecule has 1 aromatic carbocycles. The van der Waals surface area contributed by atoms with Crippen LogP contribution in [0.4, 0.5) is 4.39 Å². The Kier molecular flexibility index (Phi) is 3.71. The molecule has 16 heavy (non-hydrogen) atoms. The van der Waals surface area contributed by atoms with Crippen LogP contribution < -0.4 is 0 Å². The van der Waals surface area contributed by atoms with Crippen molar-refractivity contribution in [2.75, 3.05) is 0 Å². The lowest BCUT2D eigenvalue weighted by atomic mass is 10.2. The zero-order chi connectivity index (χ0) is 11.5. The standard InChI is InChI=1S/C12H10BrFOS/c1-8-12(2-3-15-8)16-7-9-4-10(13)6-11(14)5-9/h2-6H,7H2,1H3. The monoisotopic (exact) mass is 300 g/mol. The fourth-order valence-electron chi connectivity index (χ4n) is 1.38. The molecule has 0 atom stereocenters. The van der Waals surface area contributed by atoms with E-state index in [1.165, 1.54) is 6.07 Å². The molecule has 4 heteroatoms. The highest BCUT2D eigenvalue weighted by Crippen LogP contribution is 2.27.